The van der Waals surface area contributed by atoms with Gasteiger partial charge >= 0.3 is 0 Å². The first kappa shape index (κ1) is 15.8. The van der Waals surface area contributed by atoms with Gasteiger partial charge in [-0.25, -0.2) is 4.98 Å². The molecule has 1 N–H and O–H groups in total. The normalized spacial score (nSPS) is 22.8. The molecular formula is C19H17ClN4O. The van der Waals surface area contributed by atoms with Gasteiger partial charge in [-0.05, 0) is 23.3 Å². The van der Waals surface area contributed by atoms with Gasteiger partial charge in [0, 0.05) is 11.4 Å². The van der Waals surface area contributed by atoms with E-state index in [1.165, 1.54) is 6.33 Å². The first-order valence-electron chi connectivity index (χ1n) is 8.06. The smallest absolute Gasteiger partial charge is 0.194 e. The van der Waals surface area contributed by atoms with Crippen LogP contribution in [-0.4, -0.2) is 20.7 Å². The van der Waals surface area contributed by atoms with Crippen LogP contribution in [0.5, 0.6) is 0 Å². The maximum absolute atomic E-state index is 8.61. The summed E-state index contributed by atoms with van der Waals surface area (Å²) < 4.78 is 7.74. The molecule has 4 rings (SSSR count). The summed E-state index contributed by atoms with van der Waals surface area (Å²) in [5.41, 5.74) is 1.50. The topological polar surface area (TPSA) is 63.8 Å². The summed E-state index contributed by atoms with van der Waals surface area (Å²) in [6.07, 6.45) is 3.66. The molecule has 2 unspecified atom stereocenters. The molecule has 2 atom stereocenters. The third-order valence-electron chi connectivity index (χ3n) is 4.70. The Kier molecular flexibility index (Phi) is 4.01. The van der Waals surface area contributed by atoms with E-state index in [-0.39, 0.29) is 12.0 Å². The quantitative estimate of drug-likeness (QED) is 0.771. The standard InChI is InChI=1S/C19H17ClN4O/c20-16-8-6-14(7-9-16)17-10-19(18(21)25-17,11-24-13-22-12-23-24)15-4-2-1-3-5-15/h1-9,12-13,17,21H,10-11H2. The lowest BCUT2D eigenvalue weighted by atomic mass is 9.76. The number of nitrogens with zero attached hydrogens (tertiary/aromatic N) is 3. The van der Waals surface area contributed by atoms with Crippen molar-refractivity contribution in [2.24, 2.45) is 0 Å². The number of hydrogen-bond acceptors (Lipinski definition) is 4. The largest absolute Gasteiger partial charge is 0.472 e. The Labute approximate surface area is 150 Å². The van der Waals surface area contributed by atoms with Gasteiger partial charge in [0.1, 0.15) is 18.8 Å². The molecule has 3 aromatic rings. The van der Waals surface area contributed by atoms with Crippen molar-refractivity contribution in [1.29, 1.82) is 5.41 Å². The van der Waals surface area contributed by atoms with Gasteiger partial charge in [-0.15, -0.1) is 0 Å². The van der Waals surface area contributed by atoms with E-state index in [1.54, 1.807) is 11.0 Å². The predicted octanol–water partition coefficient (Wildman–Crippen LogP) is 4.01. The Bertz CT molecular complexity index is 864. The SMILES string of the molecule is N=C1OC(c2ccc(Cl)cc2)CC1(Cn1cncn1)c1ccccc1. The predicted molar refractivity (Wildman–Crippen MR) is 95.8 cm³/mol. The van der Waals surface area contributed by atoms with Crippen molar-refractivity contribution in [2.45, 2.75) is 24.5 Å². The zero-order valence-corrected chi connectivity index (χ0v) is 14.2. The highest BCUT2D eigenvalue weighted by Crippen LogP contribution is 2.45. The summed E-state index contributed by atoms with van der Waals surface area (Å²) >= 11 is 5.99. The second kappa shape index (κ2) is 6.33. The fourth-order valence-corrected chi connectivity index (χ4v) is 3.52. The Morgan fingerprint density at radius 3 is 2.60 bits per heavy atom. The van der Waals surface area contributed by atoms with Gasteiger partial charge in [0.05, 0.1) is 12.0 Å². The van der Waals surface area contributed by atoms with E-state index in [0.29, 0.717) is 18.0 Å². The maximum atomic E-state index is 8.61. The number of hydrogen-bond donors (Lipinski definition) is 1. The third-order valence-corrected chi connectivity index (χ3v) is 4.95. The number of ether oxygens (including phenoxy) is 1. The van der Waals surface area contributed by atoms with Crippen molar-refractivity contribution in [1.82, 2.24) is 14.8 Å². The van der Waals surface area contributed by atoms with Crippen LogP contribution in [-0.2, 0) is 16.7 Å². The fraction of sp³-hybridized carbons (Fsp3) is 0.211. The molecule has 0 aliphatic carbocycles. The molecule has 1 aromatic heterocycles. The molecule has 2 aromatic carbocycles. The van der Waals surface area contributed by atoms with Crippen LogP contribution in [0.3, 0.4) is 0 Å². The molecule has 1 saturated heterocycles. The molecule has 0 bridgehead atoms. The van der Waals surface area contributed by atoms with Gasteiger partial charge in [0.15, 0.2) is 5.90 Å². The van der Waals surface area contributed by atoms with Crippen molar-refractivity contribution < 1.29 is 4.74 Å². The molecule has 0 spiro atoms. The Balaban J connectivity index is 1.73. The lowest BCUT2D eigenvalue weighted by Crippen LogP contribution is -2.36. The summed E-state index contributed by atoms with van der Waals surface area (Å²) in [6.45, 7) is 0.514. The number of aromatic nitrogens is 3. The average molecular weight is 353 g/mol. The van der Waals surface area contributed by atoms with Crippen molar-refractivity contribution in [3.63, 3.8) is 0 Å². The minimum absolute atomic E-state index is 0.187. The van der Waals surface area contributed by atoms with Crippen molar-refractivity contribution >= 4 is 17.5 Å². The van der Waals surface area contributed by atoms with Gasteiger partial charge in [-0.3, -0.25) is 10.1 Å². The van der Waals surface area contributed by atoms with Crippen LogP contribution >= 0.6 is 11.6 Å². The first-order chi connectivity index (χ1) is 12.2. The van der Waals surface area contributed by atoms with Crippen LogP contribution in [0.15, 0.2) is 67.3 Å². The molecule has 6 heteroatoms. The zero-order valence-electron chi connectivity index (χ0n) is 13.5. The van der Waals surface area contributed by atoms with Gasteiger partial charge in [0.25, 0.3) is 0 Å². The Morgan fingerprint density at radius 2 is 1.92 bits per heavy atom. The summed E-state index contributed by atoms with van der Waals surface area (Å²) in [4.78, 5) is 4.03. The highest BCUT2D eigenvalue weighted by Gasteiger charge is 2.48. The van der Waals surface area contributed by atoms with Crippen LogP contribution in [0.25, 0.3) is 0 Å². The second-order valence-corrected chi connectivity index (χ2v) is 6.67. The number of halogens is 1. The number of nitrogens with one attached hydrogen (secondary N) is 1. The number of rotatable bonds is 4. The van der Waals surface area contributed by atoms with Crippen molar-refractivity contribution in [2.75, 3.05) is 0 Å². The molecule has 1 aliphatic heterocycles. The average Bonchev–Trinajstić information content (AvgIpc) is 3.26. The molecule has 25 heavy (non-hydrogen) atoms. The van der Waals surface area contributed by atoms with Gasteiger partial charge in [0.2, 0.25) is 0 Å². The van der Waals surface area contributed by atoms with Crippen LogP contribution in [0.4, 0.5) is 0 Å². The summed E-state index contributed by atoms with van der Waals surface area (Å²) in [5.74, 6) is 0.258. The lowest BCUT2D eigenvalue weighted by Gasteiger charge is -2.27. The molecule has 1 aliphatic rings. The van der Waals surface area contributed by atoms with E-state index >= 15 is 0 Å². The summed E-state index contributed by atoms with van der Waals surface area (Å²) in [5, 5.41) is 13.5. The molecule has 5 nitrogen and oxygen atoms in total. The lowest BCUT2D eigenvalue weighted by molar-refractivity contribution is 0.220. The van der Waals surface area contributed by atoms with Crippen LogP contribution in [0.1, 0.15) is 23.7 Å². The van der Waals surface area contributed by atoms with Gasteiger partial charge in [-0.1, -0.05) is 54.1 Å². The molecule has 126 valence electrons. The van der Waals surface area contributed by atoms with E-state index < -0.39 is 5.41 Å². The Morgan fingerprint density at radius 1 is 1.16 bits per heavy atom. The van der Waals surface area contributed by atoms with E-state index in [0.717, 1.165) is 11.1 Å². The van der Waals surface area contributed by atoms with Crippen LogP contribution < -0.4 is 0 Å². The first-order valence-corrected chi connectivity index (χ1v) is 8.44. The van der Waals surface area contributed by atoms with Crippen molar-refractivity contribution in [3.05, 3.63) is 83.4 Å². The highest BCUT2D eigenvalue weighted by atomic mass is 35.5. The number of benzene rings is 2. The molecule has 2 heterocycles. The van der Waals surface area contributed by atoms with Gasteiger partial charge in [-0.2, -0.15) is 5.10 Å². The zero-order chi connectivity index (χ0) is 17.3. The summed E-state index contributed by atoms with van der Waals surface area (Å²) in [7, 11) is 0. The van der Waals surface area contributed by atoms with E-state index in [2.05, 4.69) is 10.1 Å². The van der Waals surface area contributed by atoms with Crippen molar-refractivity contribution in [3.8, 4) is 0 Å². The summed E-state index contributed by atoms with van der Waals surface area (Å²) in [6, 6.07) is 17.6. The minimum Gasteiger partial charge on any atom is -0.472 e. The van der Waals surface area contributed by atoms with Crippen LogP contribution in [0, 0.1) is 5.41 Å². The molecule has 0 amide bonds. The van der Waals surface area contributed by atoms with E-state index in [9.17, 15) is 0 Å². The minimum atomic E-state index is -0.570. The monoisotopic (exact) mass is 352 g/mol. The van der Waals surface area contributed by atoms with E-state index in [1.807, 2.05) is 54.6 Å². The highest BCUT2D eigenvalue weighted by molar-refractivity contribution is 6.30. The Hall–Kier alpha value is -2.66. The molecular weight excluding hydrogens is 336 g/mol. The molecule has 1 fully saturated rings. The van der Waals surface area contributed by atoms with Gasteiger partial charge < -0.3 is 4.74 Å². The fourth-order valence-electron chi connectivity index (χ4n) is 3.39. The second-order valence-electron chi connectivity index (χ2n) is 6.23. The molecule has 0 saturated carbocycles. The maximum Gasteiger partial charge on any atom is 0.194 e. The van der Waals surface area contributed by atoms with Crippen LogP contribution in [0.2, 0.25) is 5.02 Å². The molecule has 0 radical (unpaired) electrons. The third kappa shape index (κ3) is 2.91. The van der Waals surface area contributed by atoms with E-state index in [4.69, 9.17) is 21.7 Å².